The molecule has 0 aliphatic rings. The zero-order chi connectivity index (χ0) is 15.7. The number of hydrogen-bond acceptors (Lipinski definition) is 4. The van der Waals surface area contributed by atoms with Crippen LogP contribution in [0.3, 0.4) is 0 Å². The van der Waals surface area contributed by atoms with Crippen LogP contribution in [0.5, 0.6) is 0 Å². The van der Waals surface area contributed by atoms with Gasteiger partial charge in [-0.05, 0) is 31.2 Å². The number of aliphatic hydroxyl groups excluding tert-OH is 1. The number of aliphatic hydroxyl groups is 1. The summed E-state index contributed by atoms with van der Waals surface area (Å²) in [6, 6.07) is 6.83. The molecule has 0 atom stereocenters. The molecule has 0 fully saturated rings. The van der Waals surface area contributed by atoms with Gasteiger partial charge in [0.05, 0.1) is 18.5 Å². The van der Waals surface area contributed by atoms with Crippen molar-refractivity contribution in [3.63, 3.8) is 0 Å². The molecule has 3 aromatic rings. The van der Waals surface area contributed by atoms with Crippen LogP contribution in [0.1, 0.15) is 21.7 Å². The first-order valence-electron chi connectivity index (χ1n) is 6.64. The van der Waals surface area contributed by atoms with Gasteiger partial charge in [-0.25, -0.2) is 0 Å². The average molecular weight is 317 g/mol. The van der Waals surface area contributed by atoms with Crippen molar-refractivity contribution in [2.24, 2.45) is 0 Å². The van der Waals surface area contributed by atoms with Crippen LogP contribution >= 0.6 is 11.6 Å². The number of anilines is 1. The van der Waals surface area contributed by atoms with Crippen LogP contribution in [-0.4, -0.2) is 16.0 Å². The van der Waals surface area contributed by atoms with Crippen LogP contribution < -0.4 is 5.32 Å². The lowest BCUT2D eigenvalue weighted by Gasteiger charge is -2.07. The van der Waals surface area contributed by atoms with E-state index in [1.807, 2.05) is 0 Å². The zero-order valence-electron chi connectivity index (χ0n) is 11.8. The van der Waals surface area contributed by atoms with Crippen LogP contribution in [0.4, 0.5) is 5.69 Å². The monoisotopic (exact) mass is 316 g/mol. The van der Waals surface area contributed by atoms with Crippen LogP contribution in [0, 0.1) is 6.92 Å². The molecule has 0 saturated heterocycles. The van der Waals surface area contributed by atoms with E-state index in [1.165, 1.54) is 6.20 Å². The number of amides is 1. The molecule has 0 saturated carbocycles. The summed E-state index contributed by atoms with van der Waals surface area (Å²) in [6.07, 6.45) is 3.04. The Bertz CT molecular complexity index is 858. The fourth-order valence-electron chi connectivity index (χ4n) is 2.26. The number of nitrogens with one attached hydrogen (secondary N) is 1. The van der Waals surface area contributed by atoms with E-state index in [1.54, 1.807) is 37.4 Å². The molecule has 0 radical (unpaired) electrons. The van der Waals surface area contributed by atoms with Crippen molar-refractivity contribution >= 4 is 34.2 Å². The lowest BCUT2D eigenvalue weighted by Crippen LogP contribution is -2.13. The predicted molar refractivity (Wildman–Crippen MR) is 84.1 cm³/mol. The molecule has 2 heterocycles. The molecule has 3 rings (SSSR count). The third-order valence-corrected chi connectivity index (χ3v) is 3.67. The molecule has 22 heavy (non-hydrogen) atoms. The van der Waals surface area contributed by atoms with Gasteiger partial charge in [-0.2, -0.15) is 0 Å². The number of benzene rings is 1. The first-order valence-corrected chi connectivity index (χ1v) is 7.01. The smallest absolute Gasteiger partial charge is 0.291 e. The standard InChI is InChI=1S/C16H13ClN2O3/c1-9-12-6-11(17)2-3-14(12)22-15(9)16(21)19-13-7-18-5-4-10(13)8-20/h2-7,20H,8H2,1H3,(H,19,21). The molecular weight excluding hydrogens is 304 g/mol. The summed E-state index contributed by atoms with van der Waals surface area (Å²) >= 11 is 5.97. The minimum atomic E-state index is -0.396. The number of fused-ring (bicyclic) bond motifs is 1. The Hall–Kier alpha value is -2.37. The molecule has 0 aliphatic carbocycles. The Morgan fingerprint density at radius 2 is 2.23 bits per heavy atom. The lowest BCUT2D eigenvalue weighted by molar-refractivity contribution is 0.0997. The average Bonchev–Trinajstić information content (AvgIpc) is 2.85. The molecular formula is C16H13ClN2O3. The Balaban J connectivity index is 1.97. The molecule has 0 bridgehead atoms. The third kappa shape index (κ3) is 2.56. The second-order valence-electron chi connectivity index (χ2n) is 4.84. The van der Waals surface area contributed by atoms with Gasteiger partial charge in [-0.3, -0.25) is 9.78 Å². The first kappa shape index (κ1) is 14.6. The molecule has 5 nitrogen and oxygen atoms in total. The number of furan rings is 1. The Morgan fingerprint density at radius 1 is 1.41 bits per heavy atom. The number of carbonyl (C=O) groups is 1. The molecule has 1 amide bonds. The van der Waals surface area contributed by atoms with E-state index < -0.39 is 5.91 Å². The first-order chi connectivity index (χ1) is 10.6. The van der Waals surface area contributed by atoms with Crippen LogP contribution in [0.2, 0.25) is 5.02 Å². The van der Waals surface area contributed by atoms with Crippen molar-refractivity contribution in [3.8, 4) is 0 Å². The molecule has 0 spiro atoms. The summed E-state index contributed by atoms with van der Waals surface area (Å²) in [5.41, 5.74) is 2.35. The summed E-state index contributed by atoms with van der Waals surface area (Å²) < 4.78 is 5.61. The highest BCUT2D eigenvalue weighted by atomic mass is 35.5. The Labute approximate surface area is 131 Å². The molecule has 0 unspecified atom stereocenters. The molecule has 2 aromatic heterocycles. The van der Waals surface area contributed by atoms with Gasteiger partial charge in [0.2, 0.25) is 0 Å². The second-order valence-corrected chi connectivity index (χ2v) is 5.28. The van der Waals surface area contributed by atoms with E-state index in [0.717, 1.165) is 5.39 Å². The number of aromatic nitrogens is 1. The van der Waals surface area contributed by atoms with Gasteiger partial charge in [0.1, 0.15) is 5.58 Å². The van der Waals surface area contributed by atoms with Gasteiger partial charge in [-0.15, -0.1) is 0 Å². The summed E-state index contributed by atoms with van der Waals surface area (Å²) in [7, 11) is 0. The van der Waals surface area contributed by atoms with Crippen LogP contribution in [-0.2, 0) is 6.61 Å². The maximum Gasteiger partial charge on any atom is 0.291 e. The normalized spacial score (nSPS) is 10.9. The van der Waals surface area contributed by atoms with Gasteiger partial charge in [0.15, 0.2) is 5.76 Å². The van der Waals surface area contributed by atoms with Crippen molar-refractivity contribution in [2.75, 3.05) is 5.32 Å². The van der Waals surface area contributed by atoms with Crippen molar-refractivity contribution in [3.05, 3.63) is 58.6 Å². The van der Waals surface area contributed by atoms with E-state index in [-0.39, 0.29) is 12.4 Å². The van der Waals surface area contributed by atoms with Gasteiger partial charge in [-0.1, -0.05) is 11.6 Å². The number of hydrogen-bond donors (Lipinski definition) is 2. The Morgan fingerprint density at radius 3 is 3.00 bits per heavy atom. The summed E-state index contributed by atoms with van der Waals surface area (Å²) in [6.45, 7) is 1.61. The number of halogens is 1. The van der Waals surface area contributed by atoms with Crippen molar-refractivity contribution < 1.29 is 14.3 Å². The van der Waals surface area contributed by atoms with Crippen LogP contribution in [0.25, 0.3) is 11.0 Å². The van der Waals surface area contributed by atoms with E-state index in [2.05, 4.69) is 10.3 Å². The highest BCUT2D eigenvalue weighted by molar-refractivity contribution is 6.31. The van der Waals surface area contributed by atoms with Crippen molar-refractivity contribution in [1.82, 2.24) is 4.98 Å². The molecule has 6 heteroatoms. The number of pyridine rings is 1. The fraction of sp³-hybridized carbons (Fsp3) is 0.125. The molecule has 2 N–H and O–H groups in total. The van der Waals surface area contributed by atoms with Gasteiger partial charge >= 0.3 is 0 Å². The maximum atomic E-state index is 12.4. The zero-order valence-corrected chi connectivity index (χ0v) is 12.5. The molecule has 1 aromatic carbocycles. The topological polar surface area (TPSA) is 75.4 Å². The summed E-state index contributed by atoms with van der Waals surface area (Å²) in [4.78, 5) is 16.4. The minimum absolute atomic E-state index is 0.188. The SMILES string of the molecule is Cc1c(C(=O)Nc2cnccc2CO)oc2ccc(Cl)cc12. The Kier molecular flexibility index (Phi) is 3.83. The minimum Gasteiger partial charge on any atom is -0.451 e. The van der Waals surface area contributed by atoms with E-state index in [4.69, 9.17) is 16.0 Å². The lowest BCUT2D eigenvalue weighted by atomic mass is 10.1. The van der Waals surface area contributed by atoms with Gasteiger partial charge in [0.25, 0.3) is 5.91 Å². The van der Waals surface area contributed by atoms with Gasteiger partial charge < -0.3 is 14.8 Å². The number of carbonyl (C=O) groups excluding carboxylic acids is 1. The fourth-order valence-corrected chi connectivity index (χ4v) is 2.43. The number of aryl methyl sites for hydroxylation is 1. The highest BCUT2D eigenvalue weighted by Crippen LogP contribution is 2.28. The largest absolute Gasteiger partial charge is 0.451 e. The summed E-state index contributed by atoms with van der Waals surface area (Å²) in [5, 5.41) is 13.4. The predicted octanol–water partition coefficient (Wildman–Crippen LogP) is 3.53. The molecule has 0 aliphatic heterocycles. The van der Waals surface area contributed by atoms with Crippen LogP contribution in [0.15, 0.2) is 41.1 Å². The second kappa shape index (κ2) is 5.79. The summed E-state index contributed by atoms with van der Waals surface area (Å²) in [5.74, 6) is -0.183. The third-order valence-electron chi connectivity index (χ3n) is 3.43. The quantitative estimate of drug-likeness (QED) is 0.775. The van der Waals surface area contributed by atoms with E-state index in [0.29, 0.717) is 27.4 Å². The molecule has 112 valence electrons. The maximum absolute atomic E-state index is 12.4. The van der Waals surface area contributed by atoms with Crippen molar-refractivity contribution in [2.45, 2.75) is 13.5 Å². The number of rotatable bonds is 3. The van der Waals surface area contributed by atoms with Gasteiger partial charge in [0, 0.05) is 27.7 Å². The highest BCUT2D eigenvalue weighted by Gasteiger charge is 2.18. The van der Waals surface area contributed by atoms with E-state index in [9.17, 15) is 9.90 Å². The number of nitrogens with zero attached hydrogens (tertiary/aromatic N) is 1. The van der Waals surface area contributed by atoms with Crippen molar-refractivity contribution in [1.29, 1.82) is 0 Å². The van der Waals surface area contributed by atoms with E-state index >= 15 is 0 Å².